The Morgan fingerprint density at radius 3 is 2.44 bits per heavy atom. The minimum absolute atomic E-state index is 0.0283. The smallest absolute Gasteiger partial charge is 0.282 e. The van der Waals surface area contributed by atoms with Crippen LogP contribution in [0.25, 0.3) is 10.4 Å². The number of morpholine rings is 1. The lowest BCUT2D eigenvalue weighted by Gasteiger charge is -2.31. The van der Waals surface area contributed by atoms with E-state index in [1.165, 1.54) is 0 Å². The summed E-state index contributed by atoms with van der Waals surface area (Å²) in [5.74, 6) is -0.535. The van der Waals surface area contributed by atoms with E-state index >= 15 is 0 Å². The van der Waals surface area contributed by atoms with E-state index in [-0.39, 0.29) is 34.7 Å². The summed E-state index contributed by atoms with van der Waals surface area (Å²) in [5, 5.41) is 14.6. The molecule has 43 heavy (non-hydrogen) atoms. The standard InChI is InChI=1S/C32H31N5O4S2/c1-32(30(40)34-31-36-35-28(43-31)27(38)33-22-11-12-22)18-25-23(26(32)20-5-3-2-4-6-20)17-24(42-25)19-7-9-21(10-8-19)29(39)37-13-15-41-16-14-37/h2-10,17,22,26H,11-16,18H2,1H3,(H,33,38)(H,34,36,40)/t26-,32+/m0/s1. The first kappa shape index (κ1) is 27.9. The Morgan fingerprint density at radius 1 is 0.977 bits per heavy atom. The highest BCUT2D eigenvalue weighted by Gasteiger charge is 2.50. The van der Waals surface area contributed by atoms with Crippen LogP contribution in [0.2, 0.25) is 0 Å². The average Bonchev–Trinajstić information content (AvgIpc) is 3.43. The van der Waals surface area contributed by atoms with Crippen molar-refractivity contribution in [2.75, 3.05) is 31.6 Å². The first-order chi connectivity index (χ1) is 20.9. The van der Waals surface area contributed by atoms with Crippen molar-refractivity contribution in [2.24, 2.45) is 5.41 Å². The third-order valence-electron chi connectivity index (χ3n) is 8.44. The van der Waals surface area contributed by atoms with E-state index in [0.29, 0.717) is 43.4 Å². The van der Waals surface area contributed by atoms with Gasteiger partial charge in [-0.3, -0.25) is 19.7 Å². The van der Waals surface area contributed by atoms with Crippen LogP contribution in [0.3, 0.4) is 0 Å². The number of rotatable bonds is 7. The fraction of sp³-hybridized carbons (Fsp3) is 0.344. The van der Waals surface area contributed by atoms with Crippen molar-refractivity contribution in [3.63, 3.8) is 0 Å². The number of nitrogens with one attached hydrogen (secondary N) is 2. The second-order valence-electron chi connectivity index (χ2n) is 11.5. The van der Waals surface area contributed by atoms with Gasteiger partial charge in [-0.1, -0.05) is 53.8 Å². The zero-order valence-electron chi connectivity index (χ0n) is 23.7. The first-order valence-electron chi connectivity index (χ1n) is 14.5. The summed E-state index contributed by atoms with van der Waals surface area (Å²) in [6, 6.07) is 20.3. The van der Waals surface area contributed by atoms with E-state index in [9.17, 15) is 14.4 Å². The SMILES string of the molecule is C[C@@]1(C(=O)Nc2nnc(C(=O)NC3CC3)s2)Cc2sc(-c3ccc(C(=O)N4CCOCC4)cc3)cc2[C@@H]1c1ccccc1. The van der Waals surface area contributed by atoms with Crippen molar-refractivity contribution >= 4 is 45.5 Å². The van der Waals surface area contributed by atoms with Gasteiger partial charge in [0.15, 0.2) is 0 Å². The van der Waals surface area contributed by atoms with Gasteiger partial charge in [0.1, 0.15) is 0 Å². The van der Waals surface area contributed by atoms with Gasteiger partial charge in [-0.25, -0.2) is 0 Å². The minimum Gasteiger partial charge on any atom is -0.378 e. The number of hydrogen-bond donors (Lipinski definition) is 2. The molecule has 3 aliphatic rings. The molecular formula is C32H31N5O4S2. The number of carbonyl (C=O) groups is 3. The number of hydrogen-bond acceptors (Lipinski definition) is 8. The Morgan fingerprint density at radius 2 is 1.72 bits per heavy atom. The quantitative estimate of drug-likeness (QED) is 0.305. The molecular weight excluding hydrogens is 583 g/mol. The Kier molecular flexibility index (Phi) is 7.32. The number of benzene rings is 2. The van der Waals surface area contributed by atoms with Crippen molar-refractivity contribution in [1.82, 2.24) is 20.4 Å². The molecule has 11 heteroatoms. The molecule has 0 radical (unpaired) electrons. The maximum Gasteiger partial charge on any atom is 0.282 e. The fourth-order valence-corrected chi connectivity index (χ4v) is 7.97. The average molecular weight is 614 g/mol. The van der Waals surface area contributed by atoms with Crippen LogP contribution in [0.5, 0.6) is 0 Å². The van der Waals surface area contributed by atoms with Crippen molar-refractivity contribution in [1.29, 1.82) is 0 Å². The normalized spacial score (nSPS) is 21.3. The molecule has 2 N–H and O–H groups in total. The molecule has 2 aromatic carbocycles. The third-order valence-corrected chi connectivity index (χ3v) is 10.5. The van der Waals surface area contributed by atoms with Crippen LogP contribution in [0.4, 0.5) is 5.13 Å². The lowest BCUT2D eigenvalue weighted by molar-refractivity contribution is -0.125. The van der Waals surface area contributed by atoms with Crippen LogP contribution < -0.4 is 10.6 Å². The molecule has 4 aromatic rings. The summed E-state index contributed by atoms with van der Waals surface area (Å²) in [6.45, 7) is 4.37. The molecule has 2 atom stereocenters. The summed E-state index contributed by atoms with van der Waals surface area (Å²) in [4.78, 5) is 43.3. The van der Waals surface area contributed by atoms with Crippen LogP contribution in [0.1, 0.15) is 61.8 Å². The molecule has 2 aromatic heterocycles. The van der Waals surface area contributed by atoms with E-state index in [1.54, 1.807) is 11.3 Å². The van der Waals surface area contributed by atoms with Crippen LogP contribution >= 0.6 is 22.7 Å². The molecule has 0 bridgehead atoms. The topological polar surface area (TPSA) is 114 Å². The van der Waals surface area contributed by atoms with Crippen LogP contribution in [0, 0.1) is 5.41 Å². The van der Waals surface area contributed by atoms with Gasteiger partial charge in [0.25, 0.3) is 11.8 Å². The number of thiophene rings is 1. The van der Waals surface area contributed by atoms with Gasteiger partial charge in [0, 0.05) is 40.4 Å². The van der Waals surface area contributed by atoms with Crippen LogP contribution in [0.15, 0.2) is 60.7 Å². The number of anilines is 1. The molecule has 220 valence electrons. The van der Waals surface area contributed by atoms with E-state index in [4.69, 9.17) is 4.74 Å². The molecule has 2 aliphatic carbocycles. The molecule has 3 amide bonds. The zero-order valence-corrected chi connectivity index (χ0v) is 25.3. The Bertz CT molecular complexity index is 1680. The number of ether oxygens (including phenoxy) is 1. The minimum atomic E-state index is -0.766. The summed E-state index contributed by atoms with van der Waals surface area (Å²) in [7, 11) is 0. The number of carbonyl (C=O) groups excluding carboxylic acids is 3. The molecule has 2 fully saturated rings. The summed E-state index contributed by atoms with van der Waals surface area (Å²) < 4.78 is 5.38. The number of aromatic nitrogens is 2. The molecule has 1 saturated carbocycles. The molecule has 1 saturated heterocycles. The fourth-order valence-electron chi connectivity index (χ4n) is 5.96. The highest BCUT2D eigenvalue weighted by molar-refractivity contribution is 7.17. The molecule has 7 rings (SSSR count). The maximum atomic E-state index is 13.9. The monoisotopic (exact) mass is 613 g/mol. The molecule has 1 aliphatic heterocycles. The number of amides is 3. The third kappa shape index (κ3) is 5.48. The van der Waals surface area contributed by atoms with Gasteiger partial charge in [0.2, 0.25) is 16.0 Å². The van der Waals surface area contributed by atoms with E-state index in [0.717, 1.165) is 50.6 Å². The van der Waals surface area contributed by atoms with Crippen LogP contribution in [-0.4, -0.2) is 65.2 Å². The van der Waals surface area contributed by atoms with Gasteiger partial charge in [-0.05, 0) is 61.1 Å². The van der Waals surface area contributed by atoms with E-state index in [2.05, 4.69) is 39.0 Å². The Balaban J connectivity index is 1.13. The van der Waals surface area contributed by atoms with Crippen molar-refractivity contribution < 1.29 is 19.1 Å². The summed E-state index contributed by atoms with van der Waals surface area (Å²) in [6.07, 6.45) is 2.54. The van der Waals surface area contributed by atoms with Gasteiger partial charge < -0.3 is 15.0 Å². The lowest BCUT2D eigenvalue weighted by atomic mass is 9.73. The maximum absolute atomic E-state index is 13.9. The highest BCUT2D eigenvalue weighted by Crippen LogP contribution is 2.55. The zero-order chi connectivity index (χ0) is 29.6. The van der Waals surface area contributed by atoms with Gasteiger partial charge >= 0.3 is 0 Å². The van der Waals surface area contributed by atoms with Gasteiger partial charge in [-0.2, -0.15) is 0 Å². The molecule has 9 nitrogen and oxygen atoms in total. The Labute approximate surface area is 257 Å². The largest absolute Gasteiger partial charge is 0.378 e. The molecule has 3 heterocycles. The summed E-state index contributed by atoms with van der Waals surface area (Å²) >= 11 is 2.79. The predicted molar refractivity (Wildman–Crippen MR) is 166 cm³/mol. The highest BCUT2D eigenvalue weighted by atomic mass is 32.1. The lowest BCUT2D eigenvalue weighted by Crippen LogP contribution is -2.40. The van der Waals surface area contributed by atoms with Crippen molar-refractivity contribution in [3.05, 3.63) is 87.2 Å². The van der Waals surface area contributed by atoms with Crippen molar-refractivity contribution in [3.8, 4) is 10.4 Å². The molecule has 0 unspecified atom stereocenters. The van der Waals surface area contributed by atoms with Crippen LogP contribution in [-0.2, 0) is 16.0 Å². The molecule has 0 spiro atoms. The number of fused-ring (bicyclic) bond motifs is 1. The first-order valence-corrected chi connectivity index (χ1v) is 16.1. The van der Waals surface area contributed by atoms with Gasteiger partial charge in [-0.15, -0.1) is 21.5 Å². The second kappa shape index (κ2) is 11.3. The van der Waals surface area contributed by atoms with E-state index in [1.807, 2.05) is 54.3 Å². The predicted octanol–water partition coefficient (Wildman–Crippen LogP) is 4.96. The van der Waals surface area contributed by atoms with E-state index < -0.39 is 5.41 Å². The number of nitrogens with zero attached hydrogens (tertiary/aromatic N) is 3. The second-order valence-corrected chi connectivity index (χ2v) is 13.6. The Hall–Kier alpha value is -3.93. The summed E-state index contributed by atoms with van der Waals surface area (Å²) in [5.41, 5.74) is 3.15. The van der Waals surface area contributed by atoms with Gasteiger partial charge in [0.05, 0.1) is 18.6 Å². The van der Waals surface area contributed by atoms with Crippen molar-refractivity contribution in [2.45, 2.75) is 38.1 Å².